The van der Waals surface area contributed by atoms with Crippen LogP contribution in [-0.4, -0.2) is 23.1 Å². The van der Waals surface area contributed by atoms with Crippen LogP contribution in [0.2, 0.25) is 5.02 Å². The van der Waals surface area contributed by atoms with E-state index in [0.717, 1.165) is 31.0 Å². The summed E-state index contributed by atoms with van der Waals surface area (Å²) in [6.07, 6.45) is 4.78. The van der Waals surface area contributed by atoms with Crippen LogP contribution in [0.25, 0.3) is 0 Å². The zero-order chi connectivity index (χ0) is 14.5. The Bertz CT molecular complexity index is 627. The number of hydrogen-bond donors (Lipinski definition) is 0. The van der Waals surface area contributed by atoms with Crippen LogP contribution in [0, 0.1) is 18.3 Å². The van der Waals surface area contributed by atoms with E-state index in [1.165, 1.54) is 0 Å². The number of aryl methyl sites for hydroxylation is 2. The van der Waals surface area contributed by atoms with Gasteiger partial charge in [-0.2, -0.15) is 5.26 Å². The molecule has 4 nitrogen and oxygen atoms in total. The number of hydrogen-bond acceptors (Lipinski definition) is 3. The highest BCUT2D eigenvalue weighted by molar-refractivity contribution is 6.30. The molecular formula is C15H17ClN4. The Morgan fingerprint density at radius 2 is 2.25 bits per heavy atom. The van der Waals surface area contributed by atoms with E-state index in [9.17, 15) is 0 Å². The first-order valence-electron chi connectivity index (χ1n) is 6.50. The highest BCUT2D eigenvalue weighted by Gasteiger charge is 2.08. The second-order valence-electron chi connectivity index (χ2n) is 4.72. The molecule has 0 saturated carbocycles. The molecule has 2 aromatic rings. The minimum absolute atomic E-state index is 0.591. The Morgan fingerprint density at radius 3 is 2.90 bits per heavy atom. The fraction of sp³-hybridized carbons (Fsp3) is 0.333. The first-order valence-corrected chi connectivity index (χ1v) is 6.88. The van der Waals surface area contributed by atoms with E-state index in [-0.39, 0.29) is 0 Å². The molecule has 5 heteroatoms. The highest BCUT2D eigenvalue weighted by Crippen LogP contribution is 2.23. The molecule has 0 amide bonds. The fourth-order valence-electron chi connectivity index (χ4n) is 2.17. The third kappa shape index (κ3) is 3.31. The van der Waals surface area contributed by atoms with E-state index in [4.69, 9.17) is 16.9 Å². The Balaban J connectivity index is 1.97. The van der Waals surface area contributed by atoms with Crippen LogP contribution in [-0.2, 0) is 6.54 Å². The van der Waals surface area contributed by atoms with E-state index >= 15 is 0 Å². The molecule has 0 saturated heterocycles. The van der Waals surface area contributed by atoms with Crippen molar-refractivity contribution in [3.8, 4) is 6.07 Å². The van der Waals surface area contributed by atoms with Crippen molar-refractivity contribution >= 4 is 17.3 Å². The molecule has 1 heterocycles. The monoisotopic (exact) mass is 288 g/mol. The maximum Gasteiger partial charge on any atom is 0.105 e. The lowest BCUT2D eigenvalue weighted by atomic mass is 10.1. The molecule has 0 spiro atoms. The molecule has 0 atom stereocenters. The van der Waals surface area contributed by atoms with E-state index in [1.807, 2.05) is 38.5 Å². The summed E-state index contributed by atoms with van der Waals surface area (Å²) in [6.45, 7) is 3.79. The molecule has 0 aliphatic heterocycles. The summed E-state index contributed by atoms with van der Waals surface area (Å²) in [5.41, 5.74) is 1.53. The van der Waals surface area contributed by atoms with Crippen molar-refractivity contribution in [2.75, 3.05) is 18.5 Å². The first kappa shape index (κ1) is 14.4. The van der Waals surface area contributed by atoms with Crippen molar-refractivity contribution in [1.82, 2.24) is 9.55 Å². The first-order chi connectivity index (χ1) is 9.61. The number of aromatic nitrogens is 2. The van der Waals surface area contributed by atoms with Gasteiger partial charge >= 0.3 is 0 Å². The largest absolute Gasteiger partial charge is 0.373 e. The van der Waals surface area contributed by atoms with Crippen LogP contribution in [0.3, 0.4) is 0 Å². The average Bonchev–Trinajstić information content (AvgIpc) is 2.84. The Hall–Kier alpha value is -1.99. The normalized spacial score (nSPS) is 10.3. The fourth-order valence-corrected chi connectivity index (χ4v) is 2.34. The molecule has 0 aliphatic rings. The maximum atomic E-state index is 9.16. The van der Waals surface area contributed by atoms with Gasteiger partial charge in [0.1, 0.15) is 11.9 Å². The van der Waals surface area contributed by atoms with E-state index in [2.05, 4.69) is 20.5 Å². The molecule has 0 unspecified atom stereocenters. The molecule has 2 rings (SSSR count). The number of nitrogens with zero attached hydrogens (tertiary/aromatic N) is 4. The zero-order valence-electron chi connectivity index (χ0n) is 11.7. The van der Waals surface area contributed by atoms with Gasteiger partial charge in [0.15, 0.2) is 0 Å². The van der Waals surface area contributed by atoms with Gasteiger partial charge in [-0.25, -0.2) is 4.98 Å². The van der Waals surface area contributed by atoms with Crippen molar-refractivity contribution in [3.63, 3.8) is 0 Å². The van der Waals surface area contributed by atoms with Gasteiger partial charge in [0.05, 0.1) is 11.3 Å². The Kier molecular flexibility index (Phi) is 4.65. The lowest BCUT2D eigenvalue weighted by Gasteiger charge is -2.20. The van der Waals surface area contributed by atoms with Gasteiger partial charge in [0, 0.05) is 37.6 Å². The molecule has 0 radical (unpaired) electrons. The van der Waals surface area contributed by atoms with Gasteiger partial charge in [-0.05, 0) is 31.5 Å². The lowest BCUT2D eigenvalue weighted by Crippen LogP contribution is -2.21. The van der Waals surface area contributed by atoms with Gasteiger partial charge in [0.25, 0.3) is 0 Å². The minimum Gasteiger partial charge on any atom is -0.373 e. The van der Waals surface area contributed by atoms with Crippen molar-refractivity contribution in [2.24, 2.45) is 0 Å². The van der Waals surface area contributed by atoms with Crippen molar-refractivity contribution in [1.29, 1.82) is 5.26 Å². The van der Waals surface area contributed by atoms with Crippen LogP contribution in [0.5, 0.6) is 0 Å². The zero-order valence-corrected chi connectivity index (χ0v) is 12.4. The molecule has 104 valence electrons. The number of nitriles is 1. The smallest absolute Gasteiger partial charge is 0.105 e. The molecule has 0 bridgehead atoms. The van der Waals surface area contributed by atoms with Gasteiger partial charge in [0.2, 0.25) is 0 Å². The van der Waals surface area contributed by atoms with Crippen molar-refractivity contribution in [2.45, 2.75) is 19.9 Å². The lowest BCUT2D eigenvalue weighted by molar-refractivity contribution is 0.622. The topological polar surface area (TPSA) is 44.9 Å². The Labute approximate surface area is 124 Å². The second-order valence-corrected chi connectivity index (χ2v) is 5.15. The standard InChI is InChI=1S/C15H17ClN4/c1-12-18-6-9-20(12)8-3-7-19(2)15-5-4-14(16)10-13(15)11-17/h4-6,9-10H,3,7-8H2,1-2H3. The maximum absolute atomic E-state index is 9.16. The minimum atomic E-state index is 0.591. The summed E-state index contributed by atoms with van der Waals surface area (Å²) in [7, 11) is 1.99. The third-order valence-electron chi connectivity index (χ3n) is 3.31. The molecular weight excluding hydrogens is 272 g/mol. The van der Waals surface area contributed by atoms with Gasteiger partial charge in [-0.3, -0.25) is 0 Å². The summed E-state index contributed by atoms with van der Waals surface area (Å²) < 4.78 is 2.13. The number of halogens is 1. The molecule has 0 aliphatic carbocycles. The quantitative estimate of drug-likeness (QED) is 0.848. The van der Waals surface area contributed by atoms with Gasteiger partial charge < -0.3 is 9.47 Å². The number of rotatable bonds is 5. The van der Waals surface area contributed by atoms with E-state index < -0.39 is 0 Å². The van der Waals surface area contributed by atoms with Crippen LogP contribution in [0.1, 0.15) is 17.8 Å². The predicted molar refractivity (Wildman–Crippen MR) is 81.0 cm³/mol. The average molecular weight is 289 g/mol. The molecule has 0 N–H and O–H groups in total. The van der Waals surface area contributed by atoms with Gasteiger partial charge in [-0.15, -0.1) is 0 Å². The van der Waals surface area contributed by atoms with Crippen LogP contribution in [0.15, 0.2) is 30.6 Å². The van der Waals surface area contributed by atoms with E-state index in [0.29, 0.717) is 10.6 Å². The highest BCUT2D eigenvalue weighted by atomic mass is 35.5. The van der Waals surface area contributed by atoms with Gasteiger partial charge in [-0.1, -0.05) is 11.6 Å². The van der Waals surface area contributed by atoms with Crippen molar-refractivity contribution < 1.29 is 0 Å². The summed E-state index contributed by atoms with van der Waals surface area (Å²) >= 11 is 5.91. The van der Waals surface area contributed by atoms with Crippen LogP contribution >= 0.6 is 11.6 Å². The second kappa shape index (κ2) is 6.44. The third-order valence-corrected chi connectivity index (χ3v) is 3.54. The Morgan fingerprint density at radius 1 is 1.45 bits per heavy atom. The molecule has 1 aromatic heterocycles. The van der Waals surface area contributed by atoms with Crippen LogP contribution in [0.4, 0.5) is 5.69 Å². The van der Waals surface area contributed by atoms with Crippen molar-refractivity contribution in [3.05, 3.63) is 47.0 Å². The number of benzene rings is 1. The molecule has 0 fully saturated rings. The predicted octanol–water partition coefficient (Wildman–Crippen LogP) is 3.24. The molecule has 20 heavy (non-hydrogen) atoms. The summed E-state index contributed by atoms with van der Waals surface area (Å²) in [5.74, 6) is 1.02. The summed E-state index contributed by atoms with van der Waals surface area (Å²) in [5, 5.41) is 9.75. The number of imidazole rings is 1. The SMILES string of the molecule is Cc1nccn1CCCN(C)c1ccc(Cl)cc1C#N. The van der Waals surface area contributed by atoms with Crippen LogP contribution < -0.4 is 4.90 Å². The number of anilines is 1. The summed E-state index contributed by atoms with van der Waals surface area (Å²) in [4.78, 5) is 6.29. The summed E-state index contributed by atoms with van der Waals surface area (Å²) in [6, 6.07) is 7.60. The van der Waals surface area contributed by atoms with E-state index in [1.54, 1.807) is 6.07 Å². The molecule has 1 aromatic carbocycles.